The summed E-state index contributed by atoms with van der Waals surface area (Å²) in [4.78, 5) is 11.5. The van der Waals surface area contributed by atoms with E-state index in [9.17, 15) is 9.00 Å². The zero-order chi connectivity index (χ0) is 10.2. The first kappa shape index (κ1) is 9.21. The van der Waals surface area contributed by atoms with Gasteiger partial charge in [-0.3, -0.25) is 9.52 Å². The summed E-state index contributed by atoms with van der Waals surface area (Å²) in [6.45, 7) is 1.90. The Morgan fingerprint density at radius 1 is 1.50 bits per heavy atom. The molecule has 0 bridgehead atoms. The van der Waals surface area contributed by atoms with Gasteiger partial charge in [-0.15, -0.1) is 0 Å². The number of hydrogen-bond donors (Lipinski definition) is 1. The van der Waals surface area contributed by atoms with Gasteiger partial charge in [-0.05, 0) is 24.6 Å². The molecule has 1 amide bonds. The third kappa shape index (κ3) is 1.50. The fourth-order valence-corrected chi connectivity index (χ4v) is 2.90. The number of carbonyl (C=O) groups excluding carboxylic acids is 1. The number of rotatable bonds is 1. The highest BCUT2D eigenvalue weighted by atomic mass is 32.2. The fourth-order valence-electron chi connectivity index (χ4n) is 1.29. The predicted octanol–water partition coefficient (Wildman–Crippen LogP) is 0.867. The van der Waals surface area contributed by atoms with E-state index < -0.39 is 9.92 Å². The minimum Gasteiger partial charge on any atom is -0.272 e. The lowest BCUT2D eigenvalue weighted by Gasteiger charge is -2.04. The molecule has 0 spiro atoms. The molecule has 0 saturated heterocycles. The van der Waals surface area contributed by atoms with Crippen LogP contribution in [0.25, 0.3) is 0 Å². The van der Waals surface area contributed by atoms with Gasteiger partial charge in [0.1, 0.15) is 6.54 Å². The number of nitrogens with zero attached hydrogens (tertiary/aromatic N) is 1. The van der Waals surface area contributed by atoms with Crippen LogP contribution >= 0.6 is 0 Å². The summed E-state index contributed by atoms with van der Waals surface area (Å²) in [5.41, 5.74) is 1.00. The van der Waals surface area contributed by atoms with Crippen molar-refractivity contribution in [1.82, 2.24) is 4.72 Å². The Kier molecular flexibility index (Phi) is 2.03. The van der Waals surface area contributed by atoms with Crippen LogP contribution in [0, 0.1) is 6.92 Å². The predicted molar refractivity (Wildman–Crippen MR) is 53.0 cm³/mol. The van der Waals surface area contributed by atoms with E-state index in [1.165, 1.54) is 0 Å². The summed E-state index contributed by atoms with van der Waals surface area (Å²) in [6, 6.07) is 7.20. The molecule has 0 aliphatic carbocycles. The Hall–Kier alpha value is -1.36. The SMILES string of the molecule is Cc1cccc(S2(=O)=NCC(=O)N2)c1. The Morgan fingerprint density at radius 3 is 2.86 bits per heavy atom. The Labute approximate surface area is 82.6 Å². The largest absolute Gasteiger partial charge is 0.272 e. The normalized spacial score (nSPS) is 25.6. The summed E-state index contributed by atoms with van der Waals surface area (Å²) in [6.07, 6.45) is 0. The standard InChI is InChI=1S/C9H10N2O2S/c1-7-3-2-4-8(5-7)14(13)10-6-9(12)11-14/h2-5H,6H2,1H3,(H,10,11,12,13). The van der Waals surface area contributed by atoms with E-state index in [4.69, 9.17) is 0 Å². The van der Waals surface area contributed by atoms with Crippen molar-refractivity contribution in [1.29, 1.82) is 0 Å². The van der Waals surface area contributed by atoms with Crippen LogP contribution in [0.5, 0.6) is 0 Å². The van der Waals surface area contributed by atoms with E-state index in [0.717, 1.165) is 5.56 Å². The van der Waals surface area contributed by atoms with E-state index in [1.54, 1.807) is 18.2 Å². The van der Waals surface area contributed by atoms with Crippen molar-refractivity contribution in [2.45, 2.75) is 11.8 Å². The topological polar surface area (TPSA) is 58.5 Å². The highest BCUT2D eigenvalue weighted by Gasteiger charge is 2.21. The van der Waals surface area contributed by atoms with Crippen LogP contribution in [-0.4, -0.2) is 16.7 Å². The molecule has 0 saturated carbocycles. The third-order valence-electron chi connectivity index (χ3n) is 1.95. The van der Waals surface area contributed by atoms with Crippen molar-refractivity contribution in [2.75, 3.05) is 6.54 Å². The van der Waals surface area contributed by atoms with Gasteiger partial charge in [-0.1, -0.05) is 12.1 Å². The smallest absolute Gasteiger partial charge is 0.255 e. The average Bonchev–Trinajstić information content (AvgIpc) is 2.48. The lowest BCUT2D eigenvalue weighted by Crippen LogP contribution is -2.24. The molecule has 1 aliphatic rings. The first-order valence-electron chi connectivity index (χ1n) is 4.20. The molecule has 1 aromatic carbocycles. The molecule has 1 aromatic rings. The molecule has 0 radical (unpaired) electrons. The fraction of sp³-hybridized carbons (Fsp3) is 0.222. The van der Waals surface area contributed by atoms with Crippen LogP contribution in [0.4, 0.5) is 0 Å². The third-order valence-corrected chi connectivity index (χ3v) is 3.84. The maximum Gasteiger partial charge on any atom is 0.255 e. The van der Waals surface area contributed by atoms with Crippen molar-refractivity contribution >= 4 is 15.8 Å². The van der Waals surface area contributed by atoms with Crippen molar-refractivity contribution in [3.63, 3.8) is 0 Å². The Balaban J connectivity index is 2.51. The van der Waals surface area contributed by atoms with Crippen LogP contribution in [0.15, 0.2) is 33.5 Å². The number of amides is 1. The molecular formula is C9H10N2O2S. The molecule has 1 N–H and O–H groups in total. The van der Waals surface area contributed by atoms with E-state index in [1.807, 2.05) is 13.0 Å². The van der Waals surface area contributed by atoms with Crippen molar-refractivity contribution in [2.24, 2.45) is 4.36 Å². The molecule has 1 heterocycles. The van der Waals surface area contributed by atoms with Gasteiger partial charge in [0.05, 0.1) is 4.90 Å². The van der Waals surface area contributed by atoms with Crippen LogP contribution in [-0.2, 0) is 14.7 Å². The van der Waals surface area contributed by atoms with Crippen LogP contribution < -0.4 is 4.72 Å². The molecule has 0 aromatic heterocycles. The molecule has 14 heavy (non-hydrogen) atoms. The van der Waals surface area contributed by atoms with Gasteiger partial charge in [0.2, 0.25) is 0 Å². The molecular weight excluding hydrogens is 200 g/mol. The number of hydrogen-bond acceptors (Lipinski definition) is 3. The molecule has 5 heteroatoms. The van der Waals surface area contributed by atoms with E-state index in [0.29, 0.717) is 4.90 Å². The second-order valence-corrected chi connectivity index (χ2v) is 5.14. The van der Waals surface area contributed by atoms with E-state index in [2.05, 4.69) is 9.08 Å². The number of carbonyl (C=O) groups is 1. The number of benzene rings is 1. The summed E-state index contributed by atoms with van der Waals surface area (Å²) in [5, 5.41) is 0. The van der Waals surface area contributed by atoms with Crippen LogP contribution in [0.2, 0.25) is 0 Å². The minimum atomic E-state index is -2.68. The van der Waals surface area contributed by atoms with Crippen molar-refractivity contribution < 1.29 is 9.00 Å². The molecule has 4 nitrogen and oxygen atoms in total. The second kappa shape index (κ2) is 3.09. The first-order chi connectivity index (χ1) is 6.60. The first-order valence-corrected chi connectivity index (χ1v) is 5.72. The number of nitrogens with one attached hydrogen (secondary N) is 1. The second-order valence-electron chi connectivity index (χ2n) is 3.15. The van der Waals surface area contributed by atoms with Gasteiger partial charge in [0.25, 0.3) is 5.91 Å². The van der Waals surface area contributed by atoms with Crippen LogP contribution in [0.1, 0.15) is 5.56 Å². The highest BCUT2D eigenvalue weighted by molar-refractivity contribution is 7.92. The molecule has 1 unspecified atom stereocenters. The minimum absolute atomic E-state index is 0.00717. The van der Waals surface area contributed by atoms with Gasteiger partial charge in [-0.2, -0.15) is 0 Å². The monoisotopic (exact) mass is 210 g/mol. The van der Waals surface area contributed by atoms with Crippen molar-refractivity contribution in [3.05, 3.63) is 29.8 Å². The van der Waals surface area contributed by atoms with Gasteiger partial charge in [0, 0.05) is 0 Å². The van der Waals surface area contributed by atoms with E-state index >= 15 is 0 Å². The lowest BCUT2D eigenvalue weighted by molar-refractivity contribution is -0.117. The zero-order valence-electron chi connectivity index (χ0n) is 7.69. The molecule has 2 rings (SSSR count). The van der Waals surface area contributed by atoms with Crippen LogP contribution in [0.3, 0.4) is 0 Å². The quantitative estimate of drug-likeness (QED) is 0.747. The summed E-state index contributed by atoms with van der Waals surface area (Å²) < 4.78 is 18.3. The van der Waals surface area contributed by atoms with Crippen molar-refractivity contribution in [3.8, 4) is 0 Å². The molecule has 1 atom stereocenters. The molecule has 0 fully saturated rings. The average molecular weight is 210 g/mol. The Bertz CT molecular complexity index is 501. The van der Waals surface area contributed by atoms with Gasteiger partial charge in [0.15, 0.2) is 9.92 Å². The van der Waals surface area contributed by atoms with Gasteiger partial charge in [-0.25, -0.2) is 8.57 Å². The van der Waals surface area contributed by atoms with Gasteiger partial charge < -0.3 is 0 Å². The maximum atomic E-state index is 12.1. The summed E-state index contributed by atoms with van der Waals surface area (Å²) >= 11 is 0. The highest BCUT2D eigenvalue weighted by Crippen LogP contribution is 2.15. The summed E-state index contributed by atoms with van der Waals surface area (Å²) in [5.74, 6) is -0.281. The van der Waals surface area contributed by atoms with E-state index in [-0.39, 0.29) is 12.5 Å². The molecule has 74 valence electrons. The zero-order valence-corrected chi connectivity index (χ0v) is 8.50. The number of aryl methyl sites for hydroxylation is 1. The maximum absolute atomic E-state index is 12.1. The van der Waals surface area contributed by atoms with Gasteiger partial charge >= 0.3 is 0 Å². The lowest BCUT2D eigenvalue weighted by atomic mass is 10.2. The molecule has 1 aliphatic heterocycles. The Morgan fingerprint density at radius 2 is 2.29 bits per heavy atom. The summed E-state index contributed by atoms with van der Waals surface area (Å²) in [7, 11) is -2.68.